The van der Waals surface area contributed by atoms with Crippen molar-refractivity contribution in [2.45, 2.75) is 46.3 Å². The van der Waals surface area contributed by atoms with Crippen LogP contribution in [0.1, 0.15) is 43.1 Å². The molecular weight excluding hydrogens is 328 g/mol. The normalized spacial score (nSPS) is 12.8. The van der Waals surface area contributed by atoms with E-state index in [0.29, 0.717) is 17.0 Å². The summed E-state index contributed by atoms with van der Waals surface area (Å²) in [4.78, 5) is 24.9. The SMILES string of the molecule is CC[C@@H](C)NC(=O)c1ccccc1NC(=O)[C@@H](C)Oc1ccc(C)cc1. The molecule has 2 atom stereocenters. The van der Waals surface area contributed by atoms with E-state index in [1.807, 2.05) is 45.0 Å². The lowest BCUT2D eigenvalue weighted by molar-refractivity contribution is -0.122. The van der Waals surface area contributed by atoms with Gasteiger partial charge in [0.15, 0.2) is 6.10 Å². The van der Waals surface area contributed by atoms with E-state index in [1.165, 1.54) is 0 Å². The lowest BCUT2D eigenvalue weighted by Crippen LogP contribution is -2.34. The first-order valence-corrected chi connectivity index (χ1v) is 8.84. The fraction of sp³-hybridized carbons (Fsp3) is 0.333. The van der Waals surface area contributed by atoms with E-state index in [4.69, 9.17) is 4.74 Å². The summed E-state index contributed by atoms with van der Waals surface area (Å²) in [5.74, 6) is 0.109. The summed E-state index contributed by atoms with van der Waals surface area (Å²) in [5.41, 5.74) is 2.03. The van der Waals surface area contributed by atoms with Gasteiger partial charge in [0.25, 0.3) is 11.8 Å². The van der Waals surface area contributed by atoms with Crippen molar-refractivity contribution in [2.75, 3.05) is 5.32 Å². The quantitative estimate of drug-likeness (QED) is 0.792. The molecule has 0 radical (unpaired) electrons. The lowest BCUT2D eigenvalue weighted by atomic mass is 10.1. The number of anilines is 1. The number of rotatable bonds is 7. The zero-order valence-corrected chi connectivity index (χ0v) is 15.7. The van der Waals surface area contributed by atoms with Crippen molar-refractivity contribution >= 4 is 17.5 Å². The average Bonchev–Trinajstić information content (AvgIpc) is 2.63. The molecule has 0 bridgehead atoms. The highest BCUT2D eigenvalue weighted by Crippen LogP contribution is 2.18. The van der Waals surface area contributed by atoms with E-state index in [-0.39, 0.29) is 17.9 Å². The summed E-state index contributed by atoms with van der Waals surface area (Å²) in [6.07, 6.45) is 0.144. The van der Waals surface area contributed by atoms with E-state index in [2.05, 4.69) is 10.6 Å². The largest absolute Gasteiger partial charge is 0.481 e. The van der Waals surface area contributed by atoms with Crippen LogP contribution in [0.25, 0.3) is 0 Å². The number of ether oxygens (including phenoxy) is 1. The van der Waals surface area contributed by atoms with Gasteiger partial charge in [0.2, 0.25) is 0 Å². The summed E-state index contributed by atoms with van der Waals surface area (Å²) in [5, 5.41) is 5.70. The second kappa shape index (κ2) is 9.04. The van der Waals surface area contributed by atoms with Gasteiger partial charge in [-0.3, -0.25) is 9.59 Å². The van der Waals surface area contributed by atoms with Crippen molar-refractivity contribution in [1.82, 2.24) is 5.32 Å². The minimum Gasteiger partial charge on any atom is -0.481 e. The van der Waals surface area contributed by atoms with Crippen LogP contribution in [0.3, 0.4) is 0 Å². The molecule has 0 aliphatic rings. The highest BCUT2D eigenvalue weighted by Gasteiger charge is 2.19. The first-order chi connectivity index (χ1) is 12.4. The van der Waals surface area contributed by atoms with Gasteiger partial charge in [0.05, 0.1) is 11.3 Å². The summed E-state index contributed by atoms with van der Waals surface area (Å²) in [7, 11) is 0. The van der Waals surface area contributed by atoms with Crippen molar-refractivity contribution in [3.8, 4) is 5.75 Å². The van der Waals surface area contributed by atoms with Crippen LogP contribution < -0.4 is 15.4 Å². The lowest BCUT2D eigenvalue weighted by Gasteiger charge is -2.17. The number of aryl methyl sites for hydroxylation is 1. The van der Waals surface area contributed by atoms with Crippen molar-refractivity contribution < 1.29 is 14.3 Å². The molecule has 2 aromatic rings. The van der Waals surface area contributed by atoms with Gasteiger partial charge in [-0.25, -0.2) is 0 Å². The molecule has 0 saturated carbocycles. The number of para-hydroxylation sites is 1. The van der Waals surface area contributed by atoms with Crippen LogP contribution >= 0.6 is 0 Å². The second-order valence-electron chi connectivity index (χ2n) is 6.39. The molecule has 0 aliphatic carbocycles. The molecule has 5 heteroatoms. The number of hydrogen-bond donors (Lipinski definition) is 2. The molecule has 5 nitrogen and oxygen atoms in total. The maximum absolute atomic E-state index is 12.5. The van der Waals surface area contributed by atoms with Gasteiger partial charge in [-0.1, -0.05) is 36.8 Å². The van der Waals surface area contributed by atoms with Gasteiger partial charge in [-0.15, -0.1) is 0 Å². The van der Waals surface area contributed by atoms with Crippen LogP contribution in [0.2, 0.25) is 0 Å². The van der Waals surface area contributed by atoms with Crippen LogP contribution in [0.15, 0.2) is 48.5 Å². The highest BCUT2D eigenvalue weighted by atomic mass is 16.5. The van der Waals surface area contributed by atoms with Crippen molar-refractivity contribution in [2.24, 2.45) is 0 Å². The van der Waals surface area contributed by atoms with E-state index in [0.717, 1.165) is 12.0 Å². The molecule has 2 amide bonds. The maximum atomic E-state index is 12.5. The fourth-order valence-corrected chi connectivity index (χ4v) is 2.30. The Hall–Kier alpha value is -2.82. The topological polar surface area (TPSA) is 67.4 Å². The molecule has 2 N–H and O–H groups in total. The Labute approximate surface area is 154 Å². The third-order valence-corrected chi connectivity index (χ3v) is 4.12. The standard InChI is InChI=1S/C21H26N2O3/c1-5-15(3)22-21(25)18-8-6-7-9-19(18)23-20(24)16(4)26-17-12-10-14(2)11-13-17/h6-13,15-16H,5H2,1-4H3,(H,22,25)(H,23,24)/t15-,16-/m1/s1. The minimum absolute atomic E-state index is 0.0649. The summed E-state index contributed by atoms with van der Waals surface area (Å²) >= 11 is 0. The number of carbonyl (C=O) groups excluding carboxylic acids is 2. The summed E-state index contributed by atoms with van der Waals surface area (Å²) in [6, 6.07) is 14.5. The van der Waals surface area contributed by atoms with E-state index < -0.39 is 6.10 Å². The van der Waals surface area contributed by atoms with Crippen LogP contribution in [0, 0.1) is 6.92 Å². The minimum atomic E-state index is -0.691. The Kier molecular flexibility index (Phi) is 6.78. The molecule has 0 aliphatic heterocycles. The molecule has 0 unspecified atom stereocenters. The van der Waals surface area contributed by atoms with Crippen molar-refractivity contribution in [1.29, 1.82) is 0 Å². The first kappa shape index (κ1) is 19.5. The van der Waals surface area contributed by atoms with Gasteiger partial charge in [0.1, 0.15) is 5.75 Å². The Bertz CT molecular complexity index is 756. The Balaban J connectivity index is 2.06. The molecule has 0 heterocycles. The smallest absolute Gasteiger partial charge is 0.265 e. The number of nitrogens with one attached hydrogen (secondary N) is 2. The van der Waals surface area contributed by atoms with Crippen molar-refractivity contribution in [3.63, 3.8) is 0 Å². The Morgan fingerprint density at radius 1 is 1.04 bits per heavy atom. The molecule has 2 rings (SSSR count). The van der Waals surface area contributed by atoms with Crippen LogP contribution in [0.4, 0.5) is 5.69 Å². The Morgan fingerprint density at radius 2 is 1.69 bits per heavy atom. The third-order valence-electron chi connectivity index (χ3n) is 4.12. The zero-order valence-electron chi connectivity index (χ0n) is 15.7. The number of hydrogen-bond acceptors (Lipinski definition) is 3. The van der Waals surface area contributed by atoms with Gasteiger partial charge < -0.3 is 15.4 Å². The molecule has 0 saturated heterocycles. The molecule has 138 valence electrons. The molecule has 2 aromatic carbocycles. The monoisotopic (exact) mass is 354 g/mol. The number of carbonyl (C=O) groups is 2. The van der Waals surface area contributed by atoms with E-state index >= 15 is 0 Å². The summed E-state index contributed by atoms with van der Waals surface area (Å²) in [6.45, 7) is 7.61. The van der Waals surface area contributed by atoms with Gasteiger partial charge in [-0.2, -0.15) is 0 Å². The van der Waals surface area contributed by atoms with Gasteiger partial charge in [0, 0.05) is 6.04 Å². The third kappa shape index (κ3) is 5.34. The molecule has 0 spiro atoms. The van der Waals surface area contributed by atoms with E-state index in [9.17, 15) is 9.59 Å². The number of benzene rings is 2. The second-order valence-corrected chi connectivity index (χ2v) is 6.39. The van der Waals surface area contributed by atoms with Crippen LogP contribution in [-0.4, -0.2) is 24.0 Å². The predicted molar refractivity (Wildman–Crippen MR) is 104 cm³/mol. The Morgan fingerprint density at radius 3 is 2.35 bits per heavy atom. The highest BCUT2D eigenvalue weighted by molar-refractivity contribution is 6.04. The molecular formula is C21H26N2O3. The fourth-order valence-electron chi connectivity index (χ4n) is 2.30. The molecule has 26 heavy (non-hydrogen) atoms. The van der Waals surface area contributed by atoms with Crippen LogP contribution in [0.5, 0.6) is 5.75 Å². The van der Waals surface area contributed by atoms with E-state index in [1.54, 1.807) is 31.2 Å². The van der Waals surface area contributed by atoms with Gasteiger partial charge in [-0.05, 0) is 51.5 Å². The first-order valence-electron chi connectivity index (χ1n) is 8.84. The zero-order chi connectivity index (χ0) is 19.1. The molecule has 0 fully saturated rings. The predicted octanol–water partition coefficient (Wildman–Crippen LogP) is 3.93. The molecule has 0 aromatic heterocycles. The maximum Gasteiger partial charge on any atom is 0.265 e. The summed E-state index contributed by atoms with van der Waals surface area (Å²) < 4.78 is 5.67. The van der Waals surface area contributed by atoms with Crippen molar-refractivity contribution in [3.05, 3.63) is 59.7 Å². The average molecular weight is 354 g/mol. The van der Waals surface area contributed by atoms with Crippen LogP contribution in [-0.2, 0) is 4.79 Å². The number of amides is 2. The van der Waals surface area contributed by atoms with Gasteiger partial charge >= 0.3 is 0 Å².